The van der Waals surface area contributed by atoms with Crippen molar-refractivity contribution in [2.45, 2.75) is 44.9 Å². The lowest BCUT2D eigenvalue weighted by atomic mass is 9.71. The molecule has 0 aliphatic carbocycles. The standard InChI is InChI=1S/C19H28N2O.ClH/c1-18(2,16-6-4-3-5-7-16)17(22)21-14-10-19(11-15-21)8-12-20-13-9-19;/h3-7,20H,8-15H2,1-2H3;1H. The van der Waals surface area contributed by atoms with E-state index < -0.39 is 5.41 Å². The molecule has 0 radical (unpaired) electrons. The van der Waals surface area contributed by atoms with Crippen LogP contribution in [0.3, 0.4) is 0 Å². The van der Waals surface area contributed by atoms with E-state index in [0.29, 0.717) is 5.41 Å². The second-order valence-corrected chi connectivity index (χ2v) is 7.53. The molecule has 0 bridgehead atoms. The molecule has 1 aromatic carbocycles. The van der Waals surface area contributed by atoms with E-state index >= 15 is 0 Å². The first-order valence-electron chi connectivity index (χ1n) is 8.59. The summed E-state index contributed by atoms with van der Waals surface area (Å²) in [7, 11) is 0. The molecule has 0 atom stereocenters. The van der Waals surface area contributed by atoms with E-state index in [1.165, 1.54) is 25.7 Å². The lowest BCUT2D eigenvalue weighted by Crippen LogP contribution is -2.51. The summed E-state index contributed by atoms with van der Waals surface area (Å²) in [4.78, 5) is 15.1. The number of amides is 1. The normalized spacial score (nSPS) is 20.9. The van der Waals surface area contributed by atoms with Crippen LogP contribution >= 0.6 is 12.4 Å². The highest BCUT2D eigenvalue weighted by atomic mass is 35.5. The SMILES string of the molecule is CC(C)(C(=O)N1CCC2(CCNCC2)CC1)c1ccccc1.Cl. The summed E-state index contributed by atoms with van der Waals surface area (Å²) in [5, 5.41) is 3.46. The first kappa shape index (κ1) is 18.3. The van der Waals surface area contributed by atoms with Crippen molar-refractivity contribution >= 4 is 18.3 Å². The maximum absolute atomic E-state index is 13.0. The summed E-state index contributed by atoms with van der Waals surface area (Å²) in [6.07, 6.45) is 4.89. The predicted molar refractivity (Wildman–Crippen MR) is 97.1 cm³/mol. The van der Waals surface area contributed by atoms with Crippen LogP contribution in [-0.2, 0) is 10.2 Å². The van der Waals surface area contributed by atoms with Crippen LogP contribution in [0, 0.1) is 5.41 Å². The van der Waals surface area contributed by atoms with E-state index in [4.69, 9.17) is 0 Å². The number of nitrogens with one attached hydrogen (secondary N) is 1. The van der Waals surface area contributed by atoms with Gasteiger partial charge in [-0.1, -0.05) is 30.3 Å². The molecule has 2 saturated heterocycles. The molecule has 0 unspecified atom stereocenters. The van der Waals surface area contributed by atoms with Gasteiger partial charge < -0.3 is 10.2 Å². The Hall–Kier alpha value is -1.06. The van der Waals surface area contributed by atoms with Crippen LogP contribution in [0.2, 0.25) is 0 Å². The van der Waals surface area contributed by atoms with Gasteiger partial charge in [-0.05, 0) is 63.6 Å². The zero-order valence-electron chi connectivity index (χ0n) is 14.3. The van der Waals surface area contributed by atoms with Gasteiger partial charge in [0.15, 0.2) is 0 Å². The monoisotopic (exact) mass is 336 g/mol. The Labute approximate surface area is 146 Å². The molecule has 1 aromatic rings. The Morgan fingerprint density at radius 3 is 2.17 bits per heavy atom. The Morgan fingerprint density at radius 2 is 1.61 bits per heavy atom. The van der Waals surface area contributed by atoms with E-state index in [1.807, 2.05) is 18.2 Å². The Morgan fingerprint density at radius 1 is 1.04 bits per heavy atom. The number of nitrogens with zero attached hydrogens (tertiary/aromatic N) is 1. The zero-order valence-corrected chi connectivity index (χ0v) is 15.1. The molecule has 2 heterocycles. The molecular formula is C19H29ClN2O. The minimum absolute atomic E-state index is 0. The number of rotatable bonds is 2. The van der Waals surface area contributed by atoms with Crippen LogP contribution in [-0.4, -0.2) is 37.0 Å². The summed E-state index contributed by atoms with van der Waals surface area (Å²) in [6.45, 7) is 8.25. The molecule has 0 aromatic heterocycles. The highest BCUT2D eigenvalue weighted by molar-refractivity contribution is 5.87. The summed E-state index contributed by atoms with van der Waals surface area (Å²) in [5.41, 5.74) is 1.18. The average molecular weight is 337 g/mol. The fourth-order valence-electron chi connectivity index (χ4n) is 4.01. The van der Waals surface area contributed by atoms with Crippen LogP contribution in [0.5, 0.6) is 0 Å². The van der Waals surface area contributed by atoms with Gasteiger partial charge in [-0.25, -0.2) is 0 Å². The topological polar surface area (TPSA) is 32.3 Å². The van der Waals surface area contributed by atoms with Crippen LogP contribution in [0.4, 0.5) is 0 Å². The first-order valence-corrected chi connectivity index (χ1v) is 8.59. The van der Waals surface area contributed by atoms with E-state index in [0.717, 1.165) is 31.7 Å². The van der Waals surface area contributed by atoms with Gasteiger partial charge in [0.05, 0.1) is 5.41 Å². The van der Waals surface area contributed by atoms with Gasteiger partial charge in [0.2, 0.25) is 5.91 Å². The Bertz CT molecular complexity index is 513. The minimum atomic E-state index is -0.431. The molecule has 2 aliphatic heterocycles. The summed E-state index contributed by atoms with van der Waals surface area (Å²) >= 11 is 0. The second-order valence-electron chi connectivity index (χ2n) is 7.53. The third kappa shape index (κ3) is 3.72. The summed E-state index contributed by atoms with van der Waals surface area (Å²) in [6, 6.07) is 10.2. The van der Waals surface area contributed by atoms with Crippen LogP contribution < -0.4 is 5.32 Å². The van der Waals surface area contributed by atoms with Crippen molar-refractivity contribution in [2.24, 2.45) is 5.41 Å². The smallest absolute Gasteiger partial charge is 0.232 e. The molecular weight excluding hydrogens is 308 g/mol. The molecule has 4 heteroatoms. The van der Waals surface area contributed by atoms with Crippen molar-refractivity contribution in [1.29, 1.82) is 0 Å². The fourth-order valence-corrected chi connectivity index (χ4v) is 4.01. The van der Waals surface area contributed by atoms with Crippen LogP contribution in [0.25, 0.3) is 0 Å². The third-order valence-electron chi connectivity index (χ3n) is 5.81. The fraction of sp³-hybridized carbons (Fsp3) is 0.632. The van der Waals surface area contributed by atoms with Crippen molar-refractivity contribution in [1.82, 2.24) is 10.2 Å². The molecule has 23 heavy (non-hydrogen) atoms. The van der Waals surface area contributed by atoms with Crippen molar-refractivity contribution in [3.8, 4) is 0 Å². The summed E-state index contributed by atoms with van der Waals surface area (Å²) in [5.74, 6) is 0.280. The van der Waals surface area contributed by atoms with Crippen molar-refractivity contribution < 1.29 is 4.79 Å². The predicted octanol–water partition coefficient (Wildman–Crippen LogP) is 3.38. The average Bonchev–Trinajstić information content (AvgIpc) is 2.56. The van der Waals surface area contributed by atoms with Gasteiger partial charge in [-0.15, -0.1) is 12.4 Å². The number of benzene rings is 1. The third-order valence-corrected chi connectivity index (χ3v) is 5.81. The van der Waals surface area contributed by atoms with Gasteiger partial charge in [-0.3, -0.25) is 4.79 Å². The first-order chi connectivity index (χ1) is 10.5. The van der Waals surface area contributed by atoms with E-state index in [-0.39, 0.29) is 18.3 Å². The molecule has 1 N–H and O–H groups in total. The quantitative estimate of drug-likeness (QED) is 0.898. The van der Waals surface area contributed by atoms with Crippen LogP contribution in [0.15, 0.2) is 30.3 Å². The minimum Gasteiger partial charge on any atom is -0.342 e. The molecule has 1 spiro atoms. The van der Waals surface area contributed by atoms with Gasteiger partial charge >= 0.3 is 0 Å². The largest absolute Gasteiger partial charge is 0.342 e. The highest BCUT2D eigenvalue weighted by Gasteiger charge is 2.40. The zero-order chi connectivity index (χ0) is 15.6. The van der Waals surface area contributed by atoms with E-state index in [9.17, 15) is 4.79 Å². The van der Waals surface area contributed by atoms with Crippen molar-refractivity contribution in [3.05, 3.63) is 35.9 Å². The van der Waals surface area contributed by atoms with Gasteiger partial charge in [0.25, 0.3) is 0 Å². The molecule has 0 saturated carbocycles. The van der Waals surface area contributed by atoms with Gasteiger partial charge in [-0.2, -0.15) is 0 Å². The van der Waals surface area contributed by atoms with E-state index in [2.05, 4.69) is 36.2 Å². The molecule has 3 rings (SSSR count). The molecule has 1 amide bonds. The van der Waals surface area contributed by atoms with Crippen LogP contribution in [0.1, 0.15) is 45.1 Å². The number of hydrogen-bond acceptors (Lipinski definition) is 2. The lowest BCUT2D eigenvalue weighted by Gasteiger charge is -2.46. The maximum atomic E-state index is 13.0. The molecule has 128 valence electrons. The van der Waals surface area contributed by atoms with E-state index in [1.54, 1.807) is 0 Å². The highest BCUT2D eigenvalue weighted by Crippen LogP contribution is 2.40. The van der Waals surface area contributed by atoms with Crippen molar-refractivity contribution in [2.75, 3.05) is 26.2 Å². The number of likely N-dealkylation sites (tertiary alicyclic amines) is 1. The lowest BCUT2D eigenvalue weighted by molar-refractivity contribution is -0.139. The maximum Gasteiger partial charge on any atom is 0.232 e. The molecule has 2 aliphatic rings. The molecule has 3 nitrogen and oxygen atoms in total. The summed E-state index contributed by atoms with van der Waals surface area (Å²) < 4.78 is 0. The Balaban J connectivity index is 0.00000192. The molecule has 2 fully saturated rings. The second kappa shape index (κ2) is 7.23. The van der Waals surface area contributed by atoms with Crippen molar-refractivity contribution in [3.63, 3.8) is 0 Å². The number of carbonyl (C=O) groups is 1. The Kier molecular flexibility index (Phi) is 5.74. The number of carbonyl (C=O) groups excluding carboxylic acids is 1. The van der Waals surface area contributed by atoms with Gasteiger partial charge in [0, 0.05) is 13.1 Å². The number of hydrogen-bond donors (Lipinski definition) is 1. The number of halogens is 1. The number of piperidine rings is 2. The van der Waals surface area contributed by atoms with Gasteiger partial charge in [0.1, 0.15) is 0 Å².